The van der Waals surface area contributed by atoms with Crippen LogP contribution in [0.5, 0.6) is 0 Å². The highest BCUT2D eigenvalue weighted by atomic mass is 35.5. The maximum atomic E-state index is 5.95. The van der Waals surface area contributed by atoms with Gasteiger partial charge in [0.15, 0.2) is 0 Å². The molecule has 4 heteroatoms. The lowest BCUT2D eigenvalue weighted by Gasteiger charge is -2.32. The second-order valence-electron chi connectivity index (χ2n) is 5.15. The molecule has 2 bridgehead atoms. The molecule has 0 aliphatic carbocycles. The Morgan fingerprint density at radius 1 is 1.28 bits per heavy atom. The second kappa shape index (κ2) is 5.47. The van der Waals surface area contributed by atoms with Crippen LogP contribution in [0.15, 0.2) is 24.3 Å². The Bertz CT molecular complexity index is 401. The quantitative estimate of drug-likeness (QED) is 0.907. The summed E-state index contributed by atoms with van der Waals surface area (Å²) in [6.45, 7) is 4.21. The van der Waals surface area contributed by atoms with Gasteiger partial charge in [-0.25, -0.2) is 0 Å². The van der Waals surface area contributed by atoms with E-state index in [-0.39, 0.29) is 0 Å². The summed E-state index contributed by atoms with van der Waals surface area (Å²) in [4.78, 5) is 2.50. The molecule has 3 rings (SSSR count). The number of nitrogens with zero attached hydrogens (tertiary/aromatic N) is 1. The first-order valence-corrected chi connectivity index (χ1v) is 7.04. The molecule has 98 valence electrons. The van der Waals surface area contributed by atoms with Gasteiger partial charge in [0.05, 0.1) is 12.2 Å². The van der Waals surface area contributed by atoms with Gasteiger partial charge in [0, 0.05) is 36.9 Å². The van der Waals surface area contributed by atoms with Crippen LogP contribution in [-0.2, 0) is 4.74 Å². The Hall–Kier alpha value is -0.770. The van der Waals surface area contributed by atoms with Gasteiger partial charge in [-0.05, 0) is 31.0 Å². The molecule has 2 atom stereocenters. The minimum atomic E-state index is 0.481. The number of anilines is 1. The average molecular weight is 267 g/mol. The predicted octanol–water partition coefficient (Wildman–Crippen LogP) is 2.62. The molecule has 0 spiro atoms. The van der Waals surface area contributed by atoms with Crippen molar-refractivity contribution in [3.63, 3.8) is 0 Å². The summed E-state index contributed by atoms with van der Waals surface area (Å²) >= 11 is 5.95. The van der Waals surface area contributed by atoms with Gasteiger partial charge < -0.3 is 10.1 Å². The Labute approximate surface area is 113 Å². The largest absolute Gasteiger partial charge is 0.384 e. The van der Waals surface area contributed by atoms with Crippen LogP contribution < -0.4 is 5.32 Å². The highest BCUT2D eigenvalue weighted by molar-refractivity contribution is 6.30. The van der Waals surface area contributed by atoms with E-state index in [1.165, 1.54) is 12.8 Å². The molecule has 1 aromatic rings. The number of morpholine rings is 1. The smallest absolute Gasteiger partial charge is 0.0707 e. The van der Waals surface area contributed by atoms with Gasteiger partial charge in [-0.3, -0.25) is 4.90 Å². The predicted molar refractivity (Wildman–Crippen MR) is 74.3 cm³/mol. The SMILES string of the molecule is Clc1cccc(NCCN2CC3CCC(C2)O3)c1. The maximum Gasteiger partial charge on any atom is 0.0707 e. The Kier molecular flexibility index (Phi) is 3.73. The highest BCUT2D eigenvalue weighted by Crippen LogP contribution is 2.25. The van der Waals surface area contributed by atoms with Crippen molar-refractivity contribution >= 4 is 17.3 Å². The molecule has 0 radical (unpaired) electrons. The fourth-order valence-corrected chi connectivity index (χ4v) is 3.03. The van der Waals surface area contributed by atoms with E-state index in [0.29, 0.717) is 12.2 Å². The average Bonchev–Trinajstić information content (AvgIpc) is 2.69. The second-order valence-corrected chi connectivity index (χ2v) is 5.59. The number of hydrogen-bond acceptors (Lipinski definition) is 3. The third-order valence-electron chi connectivity index (χ3n) is 3.70. The van der Waals surface area contributed by atoms with E-state index >= 15 is 0 Å². The maximum absolute atomic E-state index is 5.95. The van der Waals surface area contributed by atoms with Gasteiger partial charge in [-0.2, -0.15) is 0 Å². The van der Waals surface area contributed by atoms with Crippen molar-refractivity contribution in [2.45, 2.75) is 25.0 Å². The molecule has 2 saturated heterocycles. The van der Waals surface area contributed by atoms with Crippen molar-refractivity contribution in [3.05, 3.63) is 29.3 Å². The van der Waals surface area contributed by atoms with Crippen molar-refractivity contribution in [1.29, 1.82) is 0 Å². The van der Waals surface area contributed by atoms with E-state index in [2.05, 4.69) is 16.3 Å². The van der Waals surface area contributed by atoms with Crippen LogP contribution in [0.1, 0.15) is 12.8 Å². The van der Waals surface area contributed by atoms with Gasteiger partial charge in [-0.15, -0.1) is 0 Å². The number of hydrogen-bond donors (Lipinski definition) is 1. The van der Waals surface area contributed by atoms with Gasteiger partial charge in [0.25, 0.3) is 0 Å². The van der Waals surface area contributed by atoms with Crippen LogP contribution in [0.3, 0.4) is 0 Å². The monoisotopic (exact) mass is 266 g/mol. The van der Waals surface area contributed by atoms with Crippen LogP contribution in [-0.4, -0.2) is 43.3 Å². The molecule has 2 aliphatic rings. The summed E-state index contributed by atoms with van der Waals surface area (Å²) < 4.78 is 5.83. The zero-order chi connectivity index (χ0) is 12.4. The minimum absolute atomic E-state index is 0.481. The molecule has 1 aromatic carbocycles. The summed E-state index contributed by atoms with van der Waals surface area (Å²) in [7, 11) is 0. The summed E-state index contributed by atoms with van der Waals surface area (Å²) in [5.74, 6) is 0. The van der Waals surface area contributed by atoms with Gasteiger partial charge in [-0.1, -0.05) is 17.7 Å². The number of ether oxygens (including phenoxy) is 1. The fraction of sp³-hybridized carbons (Fsp3) is 0.571. The Morgan fingerprint density at radius 2 is 2.06 bits per heavy atom. The number of likely N-dealkylation sites (tertiary alicyclic amines) is 1. The van der Waals surface area contributed by atoms with E-state index in [0.717, 1.165) is 36.9 Å². The first kappa shape index (κ1) is 12.3. The van der Waals surface area contributed by atoms with E-state index < -0.39 is 0 Å². The van der Waals surface area contributed by atoms with Crippen molar-refractivity contribution in [3.8, 4) is 0 Å². The zero-order valence-corrected chi connectivity index (χ0v) is 11.2. The molecular formula is C14H19ClN2O. The number of halogens is 1. The van der Waals surface area contributed by atoms with Crippen molar-refractivity contribution in [1.82, 2.24) is 4.90 Å². The fourth-order valence-electron chi connectivity index (χ4n) is 2.84. The Balaban J connectivity index is 1.45. The molecule has 1 N–H and O–H groups in total. The van der Waals surface area contributed by atoms with Crippen molar-refractivity contribution in [2.75, 3.05) is 31.5 Å². The minimum Gasteiger partial charge on any atom is -0.384 e. The van der Waals surface area contributed by atoms with Gasteiger partial charge in [0.2, 0.25) is 0 Å². The molecule has 3 nitrogen and oxygen atoms in total. The molecule has 2 aliphatic heterocycles. The molecule has 2 fully saturated rings. The molecular weight excluding hydrogens is 248 g/mol. The molecule has 0 saturated carbocycles. The number of rotatable bonds is 4. The van der Waals surface area contributed by atoms with Crippen LogP contribution in [0.4, 0.5) is 5.69 Å². The first-order chi connectivity index (χ1) is 8.79. The van der Waals surface area contributed by atoms with Crippen molar-refractivity contribution in [2.24, 2.45) is 0 Å². The zero-order valence-electron chi connectivity index (χ0n) is 10.4. The molecule has 2 unspecified atom stereocenters. The molecule has 0 aromatic heterocycles. The van der Waals surface area contributed by atoms with Gasteiger partial charge in [0.1, 0.15) is 0 Å². The number of nitrogens with one attached hydrogen (secondary N) is 1. The summed E-state index contributed by atoms with van der Waals surface area (Å²) in [6.07, 6.45) is 3.44. The van der Waals surface area contributed by atoms with Crippen molar-refractivity contribution < 1.29 is 4.74 Å². The van der Waals surface area contributed by atoms with Crippen LogP contribution >= 0.6 is 11.6 Å². The van der Waals surface area contributed by atoms with E-state index in [1.807, 2.05) is 18.2 Å². The lowest BCUT2D eigenvalue weighted by molar-refractivity contribution is -0.0368. The van der Waals surface area contributed by atoms with Crippen LogP contribution in [0.2, 0.25) is 5.02 Å². The molecule has 2 heterocycles. The third-order valence-corrected chi connectivity index (χ3v) is 3.94. The summed E-state index contributed by atoms with van der Waals surface area (Å²) in [6, 6.07) is 7.88. The topological polar surface area (TPSA) is 24.5 Å². The number of fused-ring (bicyclic) bond motifs is 2. The van der Waals surface area contributed by atoms with Gasteiger partial charge >= 0.3 is 0 Å². The van der Waals surface area contributed by atoms with E-state index in [1.54, 1.807) is 0 Å². The highest BCUT2D eigenvalue weighted by Gasteiger charge is 2.33. The lowest BCUT2D eigenvalue weighted by atomic mass is 10.2. The van der Waals surface area contributed by atoms with Crippen LogP contribution in [0, 0.1) is 0 Å². The Morgan fingerprint density at radius 3 is 2.78 bits per heavy atom. The summed E-state index contributed by atoms with van der Waals surface area (Å²) in [5.41, 5.74) is 1.10. The standard InChI is InChI=1S/C14H19ClN2O/c15-11-2-1-3-12(8-11)16-6-7-17-9-13-4-5-14(10-17)18-13/h1-3,8,13-14,16H,4-7,9-10H2. The van der Waals surface area contributed by atoms with Crippen LogP contribution in [0.25, 0.3) is 0 Å². The third kappa shape index (κ3) is 2.97. The normalized spacial score (nSPS) is 27.4. The first-order valence-electron chi connectivity index (χ1n) is 6.67. The molecule has 0 amide bonds. The number of benzene rings is 1. The van der Waals surface area contributed by atoms with E-state index in [9.17, 15) is 0 Å². The lowest BCUT2D eigenvalue weighted by Crippen LogP contribution is -2.44. The summed E-state index contributed by atoms with van der Waals surface area (Å²) in [5, 5.41) is 4.20. The molecule has 18 heavy (non-hydrogen) atoms. The van der Waals surface area contributed by atoms with E-state index in [4.69, 9.17) is 16.3 Å².